The predicted octanol–water partition coefficient (Wildman–Crippen LogP) is 8.25. The van der Waals surface area contributed by atoms with Gasteiger partial charge >= 0.3 is 0 Å². The molecule has 0 aliphatic carbocycles. The van der Waals surface area contributed by atoms with Gasteiger partial charge in [-0.3, -0.25) is 9.59 Å². The first-order valence-corrected chi connectivity index (χ1v) is 12.6. The third kappa shape index (κ3) is 5.26. The minimum Gasteiger partial charge on any atom is -0.321 e. The largest absolute Gasteiger partial charge is 0.321 e. The zero-order valence-corrected chi connectivity index (χ0v) is 21.5. The molecule has 5 aromatic rings. The molecule has 0 aliphatic heterocycles. The average molecular weight is 525 g/mol. The molecule has 4 nitrogen and oxygen atoms in total. The summed E-state index contributed by atoms with van der Waals surface area (Å²) >= 11 is 12.3. The normalized spacial score (nSPS) is 10.9. The number of carbonyl (C=O) groups is 2. The second kappa shape index (κ2) is 10.6. The fourth-order valence-corrected chi connectivity index (χ4v) is 4.50. The SMILES string of the molecule is CCc1ccc2nc(-c3ccc(Cl)cc3)cc(C(=O)Nc3ccc(Cl)cc3C(=O)c3ccccc3)c2c1. The van der Waals surface area contributed by atoms with Crippen molar-refractivity contribution in [1.82, 2.24) is 4.98 Å². The number of nitrogens with one attached hydrogen (secondary N) is 1. The first kappa shape index (κ1) is 24.7. The van der Waals surface area contributed by atoms with Gasteiger partial charge in [-0.2, -0.15) is 0 Å². The van der Waals surface area contributed by atoms with Crippen molar-refractivity contribution in [1.29, 1.82) is 0 Å². The topological polar surface area (TPSA) is 59.1 Å². The first-order chi connectivity index (χ1) is 17.9. The Balaban J connectivity index is 1.60. The number of fused-ring (bicyclic) bond motifs is 1. The molecular weight excluding hydrogens is 503 g/mol. The minimum atomic E-state index is -0.347. The van der Waals surface area contributed by atoms with Crippen LogP contribution < -0.4 is 5.32 Å². The summed E-state index contributed by atoms with van der Waals surface area (Å²) in [5.74, 6) is -0.576. The molecule has 1 heterocycles. The van der Waals surface area contributed by atoms with Crippen molar-refractivity contribution in [2.24, 2.45) is 0 Å². The zero-order valence-electron chi connectivity index (χ0n) is 20.0. The third-order valence-electron chi connectivity index (χ3n) is 6.18. The van der Waals surface area contributed by atoms with Crippen LogP contribution in [-0.4, -0.2) is 16.7 Å². The summed E-state index contributed by atoms with van der Waals surface area (Å²) in [6.45, 7) is 2.06. The summed E-state index contributed by atoms with van der Waals surface area (Å²) in [4.78, 5) is 31.8. The van der Waals surface area contributed by atoms with Gasteiger partial charge in [-0.15, -0.1) is 0 Å². The smallest absolute Gasteiger partial charge is 0.256 e. The molecule has 1 aromatic heterocycles. The van der Waals surface area contributed by atoms with Crippen LogP contribution in [0.15, 0.2) is 97.1 Å². The molecule has 0 bridgehead atoms. The highest BCUT2D eigenvalue weighted by Gasteiger charge is 2.19. The molecule has 0 unspecified atom stereocenters. The van der Waals surface area contributed by atoms with Crippen molar-refractivity contribution >= 4 is 51.5 Å². The van der Waals surface area contributed by atoms with E-state index in [2.05, 4.69) is 12.2 Å². The van der Waals surface area contributed by atoms with Gasteiger partial charge in [0.25, 0.3) is 5.91 Å². The maximum absolute atomic E-state index is 13.8. The number of rotatable bonds is 6. The summed E-state index contributed by atoms with van der Waals surface area (Å²) in [5, 5.41) is 4.72. The van der Waals surface area contributed by atoms with E-state index in [9.17, 15) is 9.59 Å². The van der Waals surface area contributed by atoms with E-state index >= 15 is 0 Å². The lowest BCUT2D eigenvalue weighted by Gasteiger charge is -2.14. The molecule has 6 heteroatoms. The lowest BCUT2D eigenvalue weighted by atomic mass is 9.99. The van der Waals surface area contributed by atoms with Crippen LogP contribution >= 0.6 is 23.2 Å². The summed E-state index contributed by atoms with van der Waals surface area (Å²) < 4.78 is 0. The monoisotopic (exact) mass is 524 g/mol. The van der Waals surface area contributed by atoms with E-state index in [0.717, 1.165) is 22.9 Å². The fraction of sp³-hybridized carbons (Fsp3) is 0.0645. The van der Waals surface area contributed by atoms with Crippen molar-refractivity contribution < 1.29 is 9.59 Å². The van der Waals surface area contributed by atoms with Gasteiger partial charge in [-0.05, 0) is 60.5 Å². The number of halogens is 2. The number of benzene rings is 4. The molecule has 1 N–H and O–H groups in total. The van der Waals surface area contributed by atoms with E-state index in [-0.39, 0.29) is 11.7 Å². The van der Waals surface area contributed by atoms with Crippen LogP contribution in [-0.2, 0) is 6.42 Å². The molecule has 0 fully saturated rings. The van der Waals surface area contributed by atoms with Crippen LogP contribution in [0.1, 0.15) is 38.8 Å². The zero-order chi connectivity index (χ0) is 25.9. The Morgan fingerprint density at radius 3 is 2.24 bits per heavy atom. The quantitative estimate of drug-likeness (QED) is 0.227. The molecule has 37 heavy (non-hydrogen) atoms. The molecule has 182 valence electrons. The average Bonchev–Trinajstić information content (AvgIpc) is 2.93. The molecule has 0 atom stereocenters. The number of pyridine rings is 1. The van der Waals surface area contributed by atoms with Crippen molar-refractivity contribution in [2.45, 2.75) is 13.3 Å². The lowest BCUT2D eigenvalue weighted by molar-refractivity contribution is 0.102. The van der Waals surface area contributed by atoms with Crippen molar-refractivity contribution in [3.05, 3.63) is 129 Å². The number of anilines is 1. The number of nitrogens with zero attached hydrogens (tertiary/aromatic N) is 1. The van der Waals surface area contributed by atoms with Crippen LogP contribution in [0.4, 0.5) is 5.69 Å². The van der Waals surface area contributed by atoms with E-state index in [0.29, 0.717) is 43.6 Å². The number of hydrogen-bond acceptors (Lipinski definition) is 3. The molecule has 0 radical (unpaired) electrons. The molecule has 1 amide bonds. The predicted molar refractivity (Wildman–Crippen MR) is 151 cm³/mol. The Kier molecular flexibility index (Phi) is 7.04. The molecule has 5 rings (SSSR count). The van der Waals surface area contributed by atoms with Crippen LogP contribution in [0.3, 0.4) is 0 Å². The van der Waals surface area contributed by atoms with Crippen LogP contribution in [0, 0.1) is 0 Å². The van der Waals surface area contributed by atoms with Gasteiger partial charge in [0.15, 0.2) is 5.78 Å². The maximum atomic E-state index is 13.8. The maximum Gasteiger partial charge on any atom is 0.256 e. The summed E-state index contributed by atoms with van der Waals surface area (Å²) in [5.41, 5.74) is 4.94. The van der Waals surface area contributed by atoms with Crippen molar-refractivity contribution in [2.75, 3.05) is 5.32 Å². The molecule has 0 saturated carbocycles. The Bertz CT molecular complexity index is 1630. The Labute approximate surface area is 224 Å². The summed E-state index contributed by atoms with van der Waals surface area (Å²) in [6.07, 6.45) is 0.822. The highest BCUT2D eigenvalue weighted by molar-refractivity contribution is 6.31. The fourth-order valence-electron chi connectivity index (χ4n) is 4.20. The van der Waals surface area contributed by atoms with Gasteiger partial charge in [0, 0.05) is 32.1 Å². The molecule has 0 saturated heterocycles. The Hall–Kier alpha value is -3.99. The molecular formula is C31H22Cl2N2O2. The second-order valence-corrected chi connectivity index (χ2v) is 9.48. The molecule has 0 aliphatic rings. The Morgan fingerprint density at radius 1 is 0.784 bits per heavy atom. The molecule has 0 spiro atoms. The first-order valence-electron chi connectivity index (χ1n) is 11.8. The van der Waals surface area contributed by atoms with E-state index in [1.165, 1.54) is 0 Å². The number of hydrogen-bond donors (Lipinski definition) is 1. The summed E-state index contributed by atoms with van der Waals surface area (Å²) in [6, 6.07) is 28.8. The van der Waals surface area contributed by atoms with Gasteiger partial charge in [0.05, 0.1) is 22.5 Å². The van der Waals surface area contributed by atoms with Gasteiger partial charge in [-0.1, -0.05) is 78.7 Å². The second-order valence-electron chi connectivity index (χ2n) is 8.61. The summed E-state index contributed by atoms with van der Waals surface area (Å²) in [7, 11) is 0. The van der Waals surface area contributed by atoms with E-state index < -0.39 is 0 Å². The lowest BCUT2D eigenvalue weighted by Crippen LogP contribution is -2.16. The van der Waals surface area contributed by atoms with Crippen LogP contribution in [0.5, 0.6) is 0 Å². The molecule has 4 aromatic carbocycles. The standard InChI is InChI=1S/C31H22Cl2N2O2/c1-2-19-8-14-27-24(16-19)25(18-29(34-27)20-9-11-22(32)12-10-20)31(37)35-28-15-13-23(33)17-26(28)30(36)21-6-4-3-5-7-21/h3-18H,2H2,1H3,(H,35,37). The van der Waals surface area contributed by atoms with Gasteiger partial charge < -0.3 is 5.32 Å². The van der Waals surface area contributed by atoms with Crippen molar-refractivity contribution in [3.8, 4) is 11.3 Å². The third-order valence-corrected chi connectivity index (χ3v) is 6.66. The number of ketones is 1. The minimum absolute atomic E-state index is 0.229. The van der Waals surface area contributed by atoms with Gasteiger partial charge in [-0.25, -0.2) is 4.98 Å². The van der Waals surface area contributed by atoms with E-state index in [1.54, 1.807) is 60.7 Å². The Morgan fingerprint density at radius 2 is 1.51 bits per heavy atom. The highest BCUT2D eigenvalue weighted by atomic mass is 35.5. The van der Waals surface area contributed by atoms with Gasteiger partial charge in [0.2, 0.25) is 0 Å². The number of aromatic nitrogens is 1. The highest BCUT2D eigenvalue weighted by Crippen LogP contribution is 2.29. The van der Waals surface area contributed by atoms with E-state index in [4.69, 9.17) is 28.2 Å². The van der Waals surface area contributed by atoms with Crippen molar-refractivity contribution in [3.63, 3.8) is 0 Å². The van der Waals surface area contributed by atoms with Crippen LogP contribution in [0.2, 0.25) is 10.0 Å². The van der Waals surface area contributed by atoms with Crippen LogP contribution in [0.25, 0.3) is 22.2 Å². The number of amides is 1. The van der Waals surface area contributed by atoms with E-state index in [1.807, 2.05) is 36.4 Å². The number of carbonyl (C=O) groups excluding carboxylic acids is 2. The number of aryl methyl sites for hydroxylation is 1. The van der Waals surface area contributed by atoms with Gasteiger partial charge in [0.1, 0.15) is 0 Å².